The number of nitrogens with one attached hydrogen (secondary N) is 2. The highest BCUT2D eigenvalue weighted by Gasteiger charge is 2.41. The Morgan fingerprint density at radius 1 is 1.18 bits per heavy atom. The number of piperazine rings is 1. The first kappa shape index (κ1) is 18.4. The number of carbonyl (C=O) groups excluding carboxylic acids is 3. The van der Waals surface area contributed by atoms with E-state index >= 15 is 0 Å². The molecular weight excluding hydrogens is 356 g/mol. The van der Waals surface area contributed by atoms with Crippen LogP contribution in [-0.4, -0.2) is 48.3 Å². The Balaban J connectivity index is 1.46. The molecule has 0 radical (unpaired) electrons. The van der Waals surface area contributed by atoms with E-state index in [1.165, 1.54) is 0 Å². The Morgan fingerprint density at radius 3 is 2.75 bits per heavy atom. The van der Waals surface area contributed by atoms with Crippen LogP contribution in [0, 0.1) is 5.92 Å². The van der Waals surface area contributed by atoms with E-state index in [9.17, 15) is 14.4 Å². The first-order chi connectivity index (χ1) is 13.6. The normalized spacial score (nSPS) is 23.1. The topological polar surface area (TPSA) is 105 Å². The average Bonchev–Trinajstić information content (AvgIpc) is 2.74. The maximum atomic E-state index is 12.9. The molecule has 146 valence electrons. The zero-order valence-electron chi connectivity index (χ0n) is 15.6. The second-order valence-corrected chi connectivity index (χ2v) is 7.46. The van der Waals surface area contributed by atoms with E-state index in [0.29, 0.717) is 12.8 Å². The second kappa shape index (κ2) is 7.59. The van der Waals surface area contributed by atoms with E-state index in [1.54, 1.807) is 4.90 Å². The number of piperidine rings is 1. The minimum absolute atomic E-state index is 0.00614. The van der Waals surface area contributed by atoms with Crippen molar-refractivity contribution in [1.29, 1.82) is 0 Å². The maximum Gasteiger partial charge on any atom is 0.243 e. The molecule has 0 aliphatic carbocycles. The van der Waals surface area contributed by atoms with Gasteiger partial charge in [0.15, 0.2) is 0 Å². The predicted molar refractivity (Wildman–Crippen MR) is 105 cm³/mol. The average molecular weight is 380 g/mol. The number of nitrogens with two attached hydrogens (primary N) is 1. The van der Waals surface area contributed by atoms with Gasteiger partial charge in [0, 0.05) is 13.1 Å². The molecule has 2 aliphatic heterocycles. The molecule has 4 N–H and O–H groups in total. The first-order valence-corrected chi connectivity index (χ1v) is 9.63. The zero-order chi connectivity index (χ0) is 19.7. The van der Waals surface area contributed by atoms with Gasteiger partial charge in [0.1, 0.15) is 6.04 Å². The third kappa shape index (κ3) is 3.45. The summed E-state index contributed by atoms with van der Waals surface area (Å²) in [5.74, 6) is -0.720. The summed E-state index contributed by atoms with van der Waals surface area (Å²) in [6.07, 6.45) is 1.07. The molecule has 3 amide bonds. The summed E-state index contributed by atoms with van der Waals surface area (Å²) < 4.78 is 0. The third-order valence-electron chi connectivity index (χ3n) is 5.72. The molecule has 2 saturated heterocycles. The lowest BCUT2D eigenvalue weighted by Crippen LogP contribution is -2.62. The van der Waals surface area contributed by atoms with Gasteiger partial charge in [-0.25, -0.2) is 0 Å². The van der Waals surface area contributed by atoms with Gasteiger partial charge < -0.3 is 21.3 Å². The molecule has 2 aromatic rings. The Kier molecular flexibility index (Phi) is 5.00. The van der Waals surface area contributed by atoms with Crippen molar-refractivity contribution < 1.29 is 14.4 Å². The van der Waals surface area contributed by atoms with Crippen molar-refractivity contribution in [2.24, 2.45) is 11.7 Å². The van der Waals surface area contributed by atoms with Crippen molar-refractivity contribution in [3.8, 4) is 0 Å². The number of carbonyl (C=O) groups is 3. The summed E-state index contributed by atoms with van der Waals surface area (Å²) in [5, 5.41) is 7.87. The van der Waals surface area contributed by atoms with Crippen molar-refractivity contribution >= 4 is 28.5 Å². The van der Waals surface area contributed by atoms with Gasteiger partial charge in [-0.3, -0.25) is 14.4 Å². The fourth-order valence-corrected chi connectivity index (χ4v) is 4.11. The lowest BCUT2D eigenvalue weighted by Gasteiger charge is -2.41. The molecule has 2 fully saturated rings. The summed E-state index contributed by atoms with van der Waals surface area (Å²) in [7, 11) is 0. The maximum absolute atomic E-state index is 12.9. The number of hydrogen-bond donors (Lipinski definition) is 3. The van der Waals surface area contributed by atoms with Crippen LogP contribution >= 0.6 is 0 Å². The summed E-state index contributed by atoms with van der Waals surface area (Å²) in [4.78, 5) is 38.5. The second-order valence-electron chi connectivity index (χ2n) is 7.46. The summed E-state index contributed by atoms with van der Waals surface area (Å²) >= 11 is 0. The molecular formula is C21H24N4O3. The van der Waals surface area contributed by atoms with Crippen LogP contribution in [0.3, 0.4) is 0 Å². The SMILES string of the molecule is NCC(NC(=O)[C@@H]1CC[C@@H]2C(=O)NCC(=O)N2C1)c1ccc2ccccc2c1. The third-order valence-corrected chi connectivity index (χ3v) is 5.72. The minimum atomic E-state index is -0.448. The van der Waals surface area contributed by atoms with E-state index < -0.39 is 6.04 Å². The van der Waals surface area contributed by atoms with Crippen molar-refractivity contribution in [3.63, 3.8) is 0 Å². The van der Waals surface area contributed by atoms with Crippen molar-refractivity contribution in [2.75, 3.05) is 19.6 Å². The highest BCUT2D eigenvalue weighted by atomic mass is 16.2. The van der Waals surface area contributed by atoms with E-state index in [-0.39, 0.29) is 49.3 Å². The van der Waals surface area contributed by atoms with Crippen LogP contribution in [0.25, 0.3) is 10.8 Å². The van der Waals surface area contributed by atoms with Crippen molar-refractivity contribution in [1.82, 2.24) is 15.5 Å². The summed E-state index contributed by atoms with van der Waals surface area (Å²) in [6, 6.07) is 13.3. The number of fused-ring (bicyclic) bond motifs is 2. The van der Waals surface area contributed by atoms with Gasteiger partial charge in [-0.2, -0.15) is 0 Å². The highest BCUT2D eigenvalue weighted by Crippen LogP contribution is 2.26. The standard InChI is InChI=1S/C21H24N4O3/c22-10-17(15-6-5-13-3-1-2-4-14(13)9-15)24-20(27)16-7-8-18-21(28)23-11-19(26)25(18)12-16/h1-6,9,16-18H,7-8,10-12,22H2,(H,23,28)(H,24,27)/t16-,17?,18-/m1/s1. The van der Waals surface area contributed by atoms with E-state index in [4.69, 9.17) is 5.73 Å². The van der Waals surface area contributed by atoms with Crippen LogP contribution in [0.5, 0.6) is 0 Å². The molecule has 1 unspecified atom stereocenters. The Labute approximate surface area is 163 Å². The van der Waals surface area contributed by atoms with Crippen molar-refractivity contribution in [3.05, 3.63) is 48.0 Å². The molecule has 2 aromatic carbocycles. The summed E-state index contributed by atoms with van der Waals surface area (Å²) in [6.45, 7) is 0.564. The quantitative estimate of drug-likeness (QED) is 0.726. The molecule has 0 saturated carbocycles. The molecule has 0 aromatic heterocycles. The Morgan fingerprint density at radius 2 is 1.96 bits per heavy atom. The number of nitrogens with zero attached hydrogens (tertiary/aromatic N) is 1. The van der Waals surface area contributed by atoms with Crippen LogP contribution in [-0.2, 0) is 14.4 Å². The zero-order valence-corrected chi connectivity index (χ0v) is 15.6. The highest BCUT2D eigenvalue weighted by molar-refractivity contribution is 5.95. The Hall–Kier alpha value is -2.93. The number of amides is 3. The van der Waals surface area contributed by atoms with Gasteiger partial charge in [-0.15, -0.1) is 0 Å². The van der Waals surface area contributed by atoms with E-state index in [1.807, 2.05) is 42.5 Å². The van der Waals surface area contributed by atoms with Crippen LogP contribution < -0.4 is 16.4 Å². The first-order valence-electron chi connectivity index (χ1n) is 9.63. The molecule has 3 atom stereocenters. The predicted octanol–water partition coefficient (Wildman–Crippen LogP) is 0.693. The van der Waals surface area contributed by atoms with Gasteiger partial charge in [0.2, 0.25) is 17.7 Å². The van der Waals surface area contributed by atoms with E-state index in [2.05, 4.69) is 10.6 Å². The lowest BCUT2D eigenvalue weighted by molar-refractivity contribution is -0.150. The number of hydrogen-bond acceptors (Lipinski definition) is 4. The Bertz CT molecular complexity index is 929. The van der Waals surface area contributed by atoms with Gasteiger partial charge in [0.05, 0.1) is 18.5 Å². The van der Waals surface area contributed by atoms with Crippen LogP contribution in [0.2, 0.25) is 0 Å². The van der Waals surface area contributed by atoms with Gasteiger partial charge >= 0.3 is 0 Å². The lowest BCUT2D eigenvalue weighted by atomic mass is 9.90. The molecule has 0 spiro atoms. The monoisotopic (exact) mass is 380 g/mol. The minimum Gasteiger partial charge on any atom is -0.348 e. The molecule has 2 heterocycles. The molecule has 4 rings (SSSR count). The largest absolute Gasteiger partial charge is 0.348 e. The van der Waals surface area contributed by atoms with Crippen LogP contribution in [0.1, 0.15) is 24.4 Å². The fraction of sp³-hybridized carbons (Fsp3) is 0.381. The van der Waals surface area contributed by atoms with E-state index in [0.717, 1.165) is 16.3 Å². The molecule has 7 nitrogen and oxygen atoms in total. The van der Waals surface area contributed by atoms with Gasteiger partial charge in [-0.1, -0.05) is 36.4 Å². The number of benzene rings is 2. The van der Waals surface area contributed by atoms with Crippen LogP contribution in [0.15, 0.2) is 42.5 Å². The van der Waals surface area contributed by atoms with Gasteiger partial charge in [0.25, 0.3) is 0 Å². The van der Waals surface area contributed by atoms with Crippen LogP contribution in [0.4, 0.5) is 0 Å². The smallest absolute Gasteiger partial charge is 0.243 e. The summed E-state index contributed by atoms with van der Waals surface area (Å²) in [5.41, 5.74) is 6.90. The molecule has 28 heavy (non-hydrogen) atoms. The van der Waals surface area contributed by atoms with Crippen molar-refractivity contribution in [2.45, 2.75) is 24.9 Å². The number of rotatable bonds is 4. The fourth-order valence-electron chi connectivity index (χ4n) is 4.11. The molecule has 2 aliphatic rings. The van der Waals surface area contributed by atoms with Gasteiger partial charge in [-0.05, 0) is 35.2 Å². The molecule has 7 heteroatoms. The molecule has 0 bridgehead atoms.